The summed E-state index contributed by atoms with van der Waals surface area (Å²) in [6.07, 6.45) is 9.23. The van der Waals surface area contributed by atoms with Crippen molar-refractivity contribution in [2.24, 2.45) is 11.7 Å². The lowest BCUT2D eigenvalue weighted by atomic mass is 10.0. The Morgan fingerprint density at radius 3 is 2.62 bits per heavy atom. The fraction of sp³-hybridized carbons (Fsp3) is 0.769. The molecule has 1 aliphatic carbocycles. The van der Waals surface area contributed by atoms with Crippen LogP contribution in [0.15, 0.2) is 12.2 Å². The quantitative estimate of drug-likeness (QED) is 0.423. The van der Waals surface area contributed by atoms with E-state index in [2.05, 4.69) is 10.0 Å². The molecule has 3 fully saturated rings. The molecular weight excluding hydrogens is 526 g/mol. The lowest BCUT2D eigenvalue weighted by Crippen LogP contribution is -2.59. The minimum Gasteiger partial charge on any atom is -0.436 e. The van der Waals surface area contributed by atoms with Crippen molar-refractivity contribution < 1.29 is 32.3 Å². The maximum Gasteiger partial charge on any atom is 0.405 e. The molecule has 5 unspecified atom stereocenters. The molecule has 12 nitrogen and oxygen atoms in total. The summed E-state index contributed by atoms with van der Waals surface area (Å²) < 4.78 is 35.3. The lowest BCUT2D eigenvalue weighted by Gasteiger charge is -2.34. The van der Waals surface area contributed by atoms with E-state index >= 15 is 0 Å². The van der Waals surface area contributed by atoms with Crippen molar-refractivity contribution in [1.82, 2.24) is 19.2 Å². The minimum absolute atomic E-state index is 0.174. The van der Waals surface area contributed by atoms with Gasteiger partial charge in [-0.1, -0.05) is 31.9 Å². The Morgan fingerprint density at radius 1 is 1.10 bits per heavy atom. The first-order valence-corrected chi connectivity index (χ1v) is 15.6. The second kappa shape index (κ2) is 12.2. The van der Waals surface area contributed by atoms with Gasteiger partial charge in [0.15, 0.2) is 6.10 Å². The standard InChI is InChI=1S/C26H41N5O7S/c1-2-19-12-8-9-16-31(19)39(36,37)29-24(34)26-17-18(26)11-6-4-3-5-7-14-21(38-25(27)35)23(33)30-15-10-13-20(30)22(32)28-26/h6,11,18-21H,2-5,7-10,12-17H2,1H3,(H2,27,35)(H,28,32)(H,29,34)/b11-6+. The van der Waals surface area contributed by atoms with Gasteiger partial charge in [0.1, 0.15) is 11.6 Å². The number of ether oxygens (including phenoxy) is 1. The van der Waals surface area contributed by atoms with Crippen LogP contribution < -0.4 is 15.8 Å². The number of allylic oxidation sites excluding steroid dienone is 1. The molecule has 5 atom stereocenters. The zero-order valence-electron chi connectivity index (χ0n) is 22.6. The lowest BCUT2D eigenvalue weighted by molar-refractivity contribution is -0.146. The molecule has 2 saturated heterocycles. The maximum absolute atomic E-state index is 13.6. The maximum atomic E-state index is 13.6. The van der Waals surface area contributed by atoms with Crippen LogP contribution in [-0.4, -0.2) is 78.3 Å². The van der Waals surface area contributed by atoms with E-state index in [1.807, 2.05) is 19.1 Å². The van der Waals surface area contributed by atoms with Crippen molar-refractivity contribution in [3.63, 3.8) is 0 Å². The van der Waals surface area contributed by atoms with Gasteiger partial charge in [0, 0.05) is 25.0 Å². The van der Waals surface area contributed by atoms with E-state index in [-0.39, 0.29) is 18.4 Å². The van der Waals surface area contributed by atoms with Crippen LogP contribution in [-0.2, 0) is 29.3 Å². The third-order valence-electron chi connectivity index (χ3n) is 8.42. The molecule has 0 radical (unpaired) electrons. The predicted octanol–water partition coefficient (Wildman–Crippen LogP) is 1.46. The highest BCUT2D eigenvalue weighted by Gasteiger charge is 2.61. The second-order valence-corrected chi connectivity index (χ2v) is 12.7. The van der Waals surface area contributed by atoms with Crippen LogP contribution in [0, 0.1) is 5.92 Å². The number of hydrogen-bond acceptors (Lipinski definition) is 7. The van der Waals surface area contributed by atoms with E-state index in [1.54, 1.807) is 0 Å². The van der Waals surface area contributed by atoms with Gasteiger partial charge in [-0.3, -0.25) is 14.4 Å². The minimum atomic E-state index is -4.10. The number of rotatable bonds is 5. The van der Waals surface area contributed by atoms with Crippen LogP contribution in [0.2, 0.25) is 0 Å². The Labute approximate surface area is 230 Å². The number of primary amides is 1. The molecule has 13 heteroatoms. The molecule has 3 aliphatic heterocycles. The molecule has 4 aliphatic rings. The first-order chi connectivity index (χ1) is 18.6. The summed E-state index contributed by atoms with van der Waals surface area (Å²) in [7, 11) is -4.10. The summed E-state index contributed by atoms with van der Waals surface area (Å²) in [5.41, 5.74) is 3.79. The molecule has 4 N–H and O–H groups in total. The fourth-order valence-corrected chi connectivity index (χ4v) is 7.69. The highest BCUT2D eigenvalue weighted by molar-refractivity contribution is 7.87. The van der Waals surface area contributed by atoms with Gasteiger partial charge in [0.05, 0.1) is 0 Å². The Bertz CT molecular complexity index is 1100. The average molecular weight is 568 g/mol. The SMILES string of the molecule is CCC1CCCCN1S(=O)(=O)NC(=O)C12CC1/C=C/CCCCCC(OC(N)=O)C(=O)N1CCCC1C(=O)N2. The monoisotopic (exact) mass is 567 g/mol. The first kappa shape index (κ1) is 29.3. The number of nitrogens with zero attached hydrogens (tertiary/aromatic N) is 2. The third kappa shape index (κ3) is 6.56. The summed E-state index contributed by atoms with van der Waals surface area (Å²) >= 11 is 0. The zero-order chi connectivity index (χ0) is 28.2. The van der Waals surface area contributed by atoms with Gasteiger partial charge >= 0.3 is 16.3 Å². The van der Waals surface area contributed by atoms with Crippen LogP contribution in [0.25, 0.3) is 0 Å². The van der Waals surface area contributed by atoms with Gasteiger partial charge in [-0.25, -0.2) is 9.52 Å². The van der Waals surface area contributed by atoms with E-state index in [9.17, 15) is 27.6 Å². The Kier molecular flexibility index (Phi) is 9.20. The van der Waals surface area contributed by atoms with Crippen LogP contribution in [0.5, 0.6) is 0 Å². The van der Waals surface area contributed by atoms with E-state index in [0.717, 1.165) is 38.5 Å². The molecule has 0 aromatic carbocycles. The highest BCUT2D eigenvalue weighted by Crippen LogP contribution is 2.46. The molecule has 4 rings (SSSR count). The van der Waals surface area contributed by atoms with Gasteiger partial charge < -0.3 is 20.7 Å². The van der Waals surface area contributed by atoms with Crippen molar-refractivity contribution in [3.8, 4) is 0 Å². The molecular formula is C26H41N5O7S. The number of nitrogens with two attached hydrogens (primary N) is 1. The van der Waals surface area contributed by atoms with E-state index in [4.69, 9.17) is 10.5 Å². The summed E-state index contributed by atoms with van der Waals surface area (Å²) in [6, 6.07) is -1.03. The average Bonchev–Trinajstić information content (AvgIpc) is 3.36. The van der Waals surface area contributed by atoms with Crippen molar-refractivity contribution in [2.75, 3.05) is 13.1 Å². The molecule has 0 aromatic heterocycles. The molecule has 218 valence electrons. The molecule has 0 spiro atoms. The number of carbonyl (C=O) groups is 4. The fourth-order valence-electron chi connectivity index (χ4n) is 6.14. The van der Waals surface area contributed by atoms with Gasteiger partial charge in [0.25, 0.3) is 11.8 Å². The van der Waals surface area contributed by atoms with Crippen LogP contribution in [0.4, 0.5) is 4.79 Å². The molecule has 1 saturated carbocycles. The predicted molar refractivity (Wildman–Crippen MR) is 142 cm³/mol. The van der Waals surface area contributed by atoms with Crippen LogP contribution in [0.1, 0.15) is 84.0 Å². The van der Waals surface area contributed by atoms with Gasteiger partial charge in [0.2, 0.25) is 5.91 Å². The normalized spacial score (nSPS) is 33.5. The Hall–Kier alpha value is -2.67. The Morgan fingerprint density at radius 2 is 1.87 bits per heavy atom. The smallest absolute Gasteiger partial charge is 0.405 e. The van der Waals surface area contributed by atoms with Crippen molar-refractivity contribution >= 4 is 34.0 Å². The topological polar surface area (TPSA) is 168 Å². The molecule has 4 amide bonds. The first-order valence-electron chi connectivity index (χ1n) is 14.2. The zero-order valence-corrected chi connectivity index (χ0v) is 23.4. The number of hydrogen-bond donors (Lipinski definition) is 3. The number of carbonyl (C=O) groups excluding carboxylic acids is 4. The van der Waals surface area contributed by atoms with E-state index in [1.165, 1.54) is 9.21 Å². The van der Waals surface area contributed by atoms with E-state index in [0.29, 0.717) is 45.2 Å². The molecule has 0 aromatic rings. The van der Waals surface area contributed by atoms with Crippen molar-refractivity contribution in [1.29, 1.82) is 0 Å². The third-order valence-corrected chi connectivity index (χ3v) is 9.96. The summed E-state index contributed by atoms with van der Waals surface area (Å²) in [4.78, 5) is 53.3. The molecule has 3 heterocycles. The highest BCUT2D eigenvalue weighted by atomic mass is 32.2. The van der Waals surface area contributed by atoms with E-state index < -0.39 is 51.7 Å². The number of amides is 4. The summed E-state index contributed by atoms with van der Waals surface area (Å²) in [5, 5.41) is 2.82. The summed E-state index contributed by atoms with van der Waals surface area (Å²) in [6.45, 7) is 2.58. The van der Waals surface area contributed by atoms with Crippen LogP contribution >= 0.6 is 0 Å². The van der Waals surface area contributed by atoms with Crippen molar-refractivity contribution in [2.45, 2.75) is 108 Å². The second-order valence-electron chi connectivity index (χ2n) is 11.1. The molecule has 39 heavy (non-hydrogen) atoms. The summed E-state index contributed by atoms with van der Waals surface area (Å²) in [5.74, 6) is -2.13. The largest absolute Gasteiger partial charge is 0.436 e. The van der Waals surface area contributed by atoms with Gasteiger partial charge in [-0.15, -0.1) is 0 Å². The number of nitrogens with one attached hydrogen (secondary N) is 2. The van der Waals surface area contributed by atoms with Crippen molar-refractivity contribution in [3.05, 3.63) is 12.2 Å². The van der Waals surface area contributed by atoms with Crippen LogP contribution in [0.3, 0.4) is 0 Å². The number of fused-ring (bicyclic) bond motifs is 2. The Balaban J connectivity index is 1.56. The number of piperidine rings is 1. The molecule has 0 bridgehead atoms. The van der Waals surface area contributed by atoms with Gasteiger partial charge in [-0.2, -0.15) is 12.7 Å². The van der Waals surface area contributed by atoms with Gasteiger partial charge in [-0.05, 0) is 64.2 Å².